The lowest BCUT2D eigenvalue weighted by Crippen LogP contribution is -2.25. The third-order valence-electron chi connectivity index (χ3n) is 1.31. The molecule has 0 N–H and O–H groups in total. The van der Waals surface area contributed by atoms with Gasteiger partial charge in [0.25, 0.3) is 0 Å². The molecule has 0 rings (SSSR count). The van der Waals surface area contributed by atoms with Crippen LogP contribution in [0, 0.1) is 0 Å². The average molecular weight is 260 g/mol. The minimum Gasteiger partial charge on any atom is -0.550 e. The molecule has 0 bridgehead atoms. The molecule has 0 atom stereocenters. The number of methoxy groups -OCH3 is 1. The van der Waals surface area contributed by atoms with Gasteiger partial charge in [0.05, 0.1) is 13.4 Å². The van der Waals surface area contributed by atoms with Crippen molar-refractivity contribution < 1.29 is 13.6 Å². The summed E-state index contributed by atoms with van der Waals surface area (Å²) in [4.78, 5) is 0. The molecular weight excluding hydrogens is 236 g/mol. The Kier molecular flexibility index (Phi) is 5.88. The smallest absolute Gasteiger partial charge is 0.242 e. The zero-order valence-corrected chi connectivity index (χ0v) is 13.5. The molecule has 0 spiro atoms. The van der Waals surface area contributed by atoms with Gasteiger partial charge in [0.2, 0.25) is 16.6 Å². The second-order valence-electron chi connectivity index (χ2n) is 5.50. The molecule has 0 aliphatic heterocycles. The van der Waals surface area contributed by atoms with Crippen LogP contribution in [0.25, 0.3) is 0 Å². The summed E-state index contributed by atoms with van der Waals surface area (Å²) in [6.45, 7) is 12.8. The van der Waals surface area contributed by atoms with Crippen molar-refractivity contribution in [1.29, 1.82) is 0 Å². The summed E-state index contributed by atoms with van der Waals surface area (Å²) in [6, 6.07) is 0. The molecule has 16 heavy (non-hydrogen) atoms. The fourth-order valence-corrected chi connectivity index (χ4v) is 2.17. The van der Waals surface area contributed by atoms with E-state index in [0.29, 0.717) is 0 Å². The monoisotopic (exact) mass is 260 g/mol. The molecule has 0 aromatic rings. The van der Waals surface area contributed by atoms with Crippen molar-refractivity contribution in [1.82, 2.24) is 0 Å². The van der Waals surface area contributed by atoms with Crippen LogP contribution in [0.2, 0.25) is 39.3 Å². The summed E-state index contributed by atoms with van der Waals surface area (Å²) < 4.78 is 16.4. The predicted octanol–water partition coefficient (Wildman–Crippen LogP) is 3.69. The van der Waals surface area contributed by atoms with E-state index in [9.17, 15) is 0 Å². The van der Waals surface area contributed by atoms with E-state index in [1.54, 1.807) is 19.6 Å². The predicted molar refractivity (Wildman–Crippen MR) is 73.1 cm³/mol. The van der Waals surface area contributed by atoms with Gasteiger partial charge in [-0.05, 0) is 39.3 Å². The van der Waals surface area contributed by atoms with Crippen LogP contribution < -0.4 is 0 Å². The van der Waals surface area contributed by atoms with Gasteiger partial charge in [-0.3, -0.25) is 0 Å². The largest absolute Gasteiger partial charge is 0.550 e. The topological polar surface area (TPSA) is 27.7 Å². The number of hydrogen-bond acceptors (Lipinski definition) is 3. The van der Waals surface area contributed by atoms with E-state index in [0.717, 1.165) is 5.76 Å². The Hall–Kier alpha value is -0.686. The lowest BCUT2D eigenvalue weighted by atomic mass is 10.5. The lowest BCUT2D eigenvalue weighted by Gasteiger charge is -2.20. The van der Waals surface area contributed by atoms with Crippen molar-refractivity contribution in [2.24, 2.45) is 0 Å². The first kappa shape index (κ1) is 15.3. The first-order valence-electron chi connectivity index (χ1n) is 5.40. The highest BCUT2D eigenvalue weighted by molar-refractivity contribution is 6.70. The molecule has 3 nitrogen and oxygen atoms in total. The zero-order chi connectivity index (χ0) is 12.8. The summed E-state index contributed by atoms with van der Waals surface area (Å²) in [5, 5.41) is 0. The maximum absolute atomic E-state index is 5.82. The van der Waals surface area contributed by atoms with Crippen molar-refractivity contribution >= 4 is 16.6 Å². The normalized spacial score (nSPS) is 14.1. The third-order valence-corrected chi connectivity index (χ3v) is 3.00. The molecule has 0 aromatic heterocycles. The van der Waals surface area contributed by atoms with Gasteiger partial charge >= 0.3 is 0 Å². The van der Waals surface area contributed by atoms with E-state index < -0.39 is 16.6 Å². The average Bonchev–Trinajstić information content (AvgIpc) is 1.98. The first-order valence-corrected chi connectivity index (χ1v) is 12.2. The van der Waals surface area contributed by atoms with E-state index in [2.05, 4.69) is 39.3 Å². The highest BCUT2D eigenvalue weighted by atomic mass is 28.4. The standard InChI is InChI=1S/C11H24O3Si2/c1-12-10-11(14-16(5,6)7)8-9-13-15(2,3)4/h8-10H,1-7H3/b9-8+,11-10+. The maximum Gasteiger partial charge on any atom is 0.242 e. The van der Waals surface area contributed by atoms with Gasteiger partial charge in [-0.25, -0.2) is 0 Å². The fourth-order valence-electron chi connectivity index (χ4n) is 0.872. The molecule has 0 aliphatic rings. The summed E-state index contributed by atoms with van der Waals surface area (Å²) in [6.07, 6.45) is 5.12. The van der Waals surface area contributed by atoms with Crippen LogP contribution in [0.15, 0.2) is 24.4 Å². The van der Waals surface area contributed by atoms with E-state index >= 15 is 0 Å². The highest BCUT2D eigenvalue weighted by Gasteiger charge is 2.17. The lowest BCUT2D eigenvalue weighted by molar-refractivity contribution is 0.307. The van der Waals surface area contributed by atoms with Crippen LogP contribution >= 0.6 is 0 Å². The van der Waals surface area contributed by atoms with Crippen LogP contribution in [0.4, 0.5) is 0 Å². The molecule has 0 heterocycles. The minimum atomic E-state index is -1.60. The van der Waals surface area contributed by atoms with Crippen molar-refractivity contribution in [2.75, 3.05) is 7.11 Å². The third kappa shape index (κ3) is 9.85. The maximum atomic E-state index is 5.82. The second-order valence-corrected chi connectivity index (χ2v) is 14.4. The van der Waals surface area contributed by atoms with Crippen LogP contribution in [0.3, 0.4) is 0 Å². The van der Waals surface area contributed by atoms with Gasteiger partial charge < -0.3 is 13.6 Å². The van der Waals surface area contributed by atoms with E-state index in [4.69, 9.17) is 13.6 Å². The Morgan fingerprint density at radius 1 is 0.938 bits per heavy atom. The number of rotatable bonds is 6. The summed E-state index contributed by atoms with van der Waals surface area (Å²) in [5.74, 6) is 0.722. The van der Waals surface area contributed by atoms with E-state index in [1.165, 1.54) is 0 Å². The van der Waals surface area contributed by atoms with Crippen molar-refractivity contribution in [3.8, 4) is 0 Å². The molecule has 0 radical (unpaired) electrons. The molecule has 0 unspecified atom stereocenters. The Balaban J connectivity index is 4.42. The Morgan fingerprint density at radius 3 is 1.88 bits per heavy atom. The molecule has 94 valence electrons. The zero-order valence-electron chi connectivity index (χ0n) is 11.5. The van der Waals surface area contributed by atoms with Gasteiger partial charge in [-0.15, -0.1) is 0 Å². The van der Waals surface area contributed by atoms with Crippen molar-refractivity contribution in [3.63, 3.8) is 0 Å². The Labute approximate surface area is 101 Å². The molecule has 0 fully saturated rings. The van der Waals surface area contributed by atoms with Crippen LogP contribution in [-0.4, -0.2) is 23.7 Å². The van der Waals surface area contributed by atoms with Gasteiger partial charge in [0.15, 0.2) is 0 Å². The van der Waals surface area contributed by atoms with E-state index in [1.807, 2.05) is 6.08 Å². The quantitative estimate of drug-likeness (QED) is 0.414. The number of hydrogen-bond donors (Lipinski definition) is 0. The van der Waals surface area contributed by atoms with Gasteiger partial charge in [0.1, 0.15) is 12.0 Å². The van der Waals surface area contributed by atoms with Crippen LogP contribution in [0.5, 0.6) is 0 Å². The van der Waals surface area contributed by atoms with Gasteiger partial charge in [0, 0.05) is 6.08 Å². The van der Waals surface area contributed by atoms with Crippen LogP contribution in [-0.2, 0) is 13.6 Å². The first-order chi connectivity index (χ1) is 7.14. The Bertz CT molecular complexity index is 259. The molecule has 5 heteroatoms. The SMILES string of the molecule is CO/C=C(\C=C\O[Si](C)(C)C)O[Si](C)(C)C. The van der Waals surface area contributed by atoms with Crippen LogP contribution in [0.1, 0.15) is 0 Å². The van der Waals surface area contributed by atoms with Crippen molar-refractivity contribution in [2.45, 2.75) is 39.3 Å². The molecular formula is C11H24O3Si2. The van der Waals surface area contributed by atoms with E-state index in [-0.39, 0.29) is 0 Å². The minimum absolute atomic E-state index is 0.722. The number of allylic oxidation sites excluding steroid dienone is 1. The molecule has 0 saturated heterocycles. The molecule has 0 aromatic carbocycles. The molecule has 0 amide bonds. The summed E-state index contributed by atoms with van der Waals surface area (Å²) in [7, 11) is -1.49. The molecule has 0 aliphatic carbocycles. The summed E-state index contributed by atoms with van der Waals surface area (Å²) in [5.41, 5.74) is 0. The van der Waals surface area contributed by atoms with Gasteiger partial charge in [-0.2, -0.15) is 0 Å². The fraction of sp³-hybridized carbons (Fsp3) is 0.636. The molecule has 0 saturated carbocycles. The number of ether oxygens (including phenoxy) is 1. The Morgan fingerprint density at radius 2 is 1.50 bits per heavy atom. The summed E-state index contributed by atoms with van der Waals surface area (Å²) >= 11 is 0. The second kappa shape index (κ2) is 6.15. The van der Waals surface area contributed by atoms with Gasteiger partial charge in [-0.1, -0.05) is 0 Å². The van der Waals surface area contributed by atoms with Crippen molar-refractivity contribution in [3.05, 3.63) is 24.4 Å². The highest BCUT2D eigenvalue weighted by Crippen LogP contribution is 2.12.